The lowest BCUT2D eigenvalue weighted by Gasteiger charge is -2.46. The minimum atomic E-state index is -0.757. The molecule has 2 saturated heterocycles. The van der Waals surface area contributed by atoms with Gasteiger partial charge in [-0.3, -0.25) is 9.69 Å². The average molecular weight is 517 g/mol. The van der Waals surface area contributed by atoms with E-state index in [-0.39, 0.29) is 22.4 Å². The van der Waals surface area contributed by atoms with Crippen molar-refractivity contribution in [2.45, 2.75) is 24.8 Å². The Balaban J connectivity index is 1.26. The Kier molecular flexibility index (Phi) is 6.96. The SMILES string of the molecule is O=C(c1cccc(Oc2cc(F)cc(F)c2)c1Cl)N1CCN2C[C@@H](c3ccc(Cl)cc3)CC[C@@H]2C1. The smallest absolute Gasteiger partial charge is 0.255 e. The van der Waals surface area contributed by atoms with Gasteiger partial charge in [-0.15, -0.1) is 0 Å². The number of hydrogen-bond acceptors (Lipinski definition) is 3. The summed E-state index contributed by atoms with van der Waals surface area (Å²) in [6, 6.07) is 16.1. The summed E-state index contributed by atoms with van der Waals surface area (Å²) in [5.74, 6) is -1.09. The molecule has 3 aromatic carbocycles. The summed E-state index contributed by atoms with van der Waals surface area (Å²) in [6.45, 7) is 2.97. The number of piperazine rings is 1. The van der Waals surface area contributed by atoms with Crippen LogP contribution >= 0.6 is 23.2 Å². The van der Waals surface area contributed by atoms with E-state index in [2.05, 4.69) is 17.0 Å². The van der Waals surface area contributed by atoms with Gasteiger partial charge in [-0.05, 0) is 48.6 Å². The Bertz CT molecular complexity index is 1220. The van der Waals surface area contributed by atoms with Crippen LogP contribution in [0.4, 0.5) is 8.78 Å². The molecular weight excluding hydrogens is 493 g/mol. The second-order valence-corrected chi connectivity index (χ2v) is 9.87. The molecule has 2 aliphatic heterocycles. The van der Waals surface area contributed by atoms with E-state index in [4.69, 9.17) is 27.9 Å². The van der Waals surface area contributed by atoms with Gasteiger partial charge >= 0.3 is 0 Å². The van der Waals surface area contributed by atoms with Gasteiger partial charge in [-0.1, -0.05) is 41.4 Å². The highest BCUT2D eigenvalue weighted by Gasteiger charge is 2.35. The van der Waals surface area contributed by atoms with Crippen molar-refractivity contribution >= 4 is 29.1 Å². The monoisotopic (exact) mass is 516 g/mol. The summed E-state index contributed by atoms with van der Waals surface area (Å²) < 4.78 is 32.7. The number of nitrogens with zero attached hydrogens (tertiary/aromatic N) is 2. The van der Waals surface area contributed by atoms with Crippen LogP contribution in [0.5, 0.6) is 11.5 Å². The Morgan fingerprint density at radius 1 is 0.914 bits per heavy atom. The van der Waals surface area contributed by atoms with Gasteiger partial charge in [0.05, 0.1) is 10.6 Å². The third-order valence-electron chi connectivity index (χ3n) is 6.79. The number of fused-ring (bicyclic) bond motifs is 1. The van der Waals surface area contributed by atoms with Gasteiger partial charge in [0.2, 0.25) is 0 Å². The van der Waals surface area contributed by atoms with Gasteiger partial charge in [0.25, 0.3) is 5.91 Å². The number of rotatable bonds is 4. The Hall–Kier alpha value is -2.67. The predicted octanol–water partition coefficient (Wildman–Crippen LogP) is 6.77. The normalized spacial score (nSPS) is 20.4. The quantitative estimate of drug-likeness (QED) is 0.383. The largest absolute Gasteiger partial charge is 0.456 e. The van der Waals surface area contributed by atoms with E-state index in [0.29, 0.717) is 30.6 Å². The molecule has 3 aromatic rings. The molecule has 1 amide bonds. The summed E-state index contributed by atoms with van der Waals surface area (Å²) in [5, 5.41) is 0.863. The first-order valence-electron chi connectivity index (χ1n) is 11.6. The lowest BCUT2D eigenvalue weighted by molar-refractivity contribution is 0.0329. The van der Waals surface area contributed by atoms with E-state index in [1.807, 2.05) is 17.0 Å². The van der Waals surface area contributed by atoms with Crippen LogP contribution in [0.1, 0.15) is 34.7 Å². The maximum atomic E-state index is 13.5. The minimum absolute atomic E-state index is 0.0277. The lowest BCUT2D eigenvalue weighted by atomic mass is 9.86. The summed E-state index contributed by atoms with van der Waals surface area (Å²) in [5.41, 5.74) is 1.61. The van der Waals surface area contributed by atoms with Gasteiger partial charge in [-0.25, -0.2) is 8.78 Å². The van der Waals surface area contributed by atoms with Crippen LogP contribution < -0.4 is 4.74 Å². The lowest BCUT2D eigenvalue weighted by Crippen LogP contribution is -2.57. The number of amides is 1. The van der Waals surface area contributed by atoms with Crippen LogP contribution in [0.3, 0.4) is 0 Å². The van der Waals surface area contributed by atoms with E-state index in [1.54, 1.807) is 18.2 Å². The molecule has 0 radical (unpaired) electrons. The molecule has 2 aliphatic rings. The van der Waals surface area contributed by atoms with Crippen molar-refractivity contribution in [1.82, 2.24) is 9.80 Å². The number of carbonyl (C=O) groups excluding carboxylic acids is 1. The van der Waals surface area contributed by atoms with Gasteiger partial charge in [0.15, 0.2) is 0 Å². The van der Waals surface area contributed by atoms with Crippen LogP contribution in [-0.2, 0) is 0 Å². The van der Waals surface area contributed by atoms with Crippen LogP contribution in [0.15, 0.2) is 60.7 Å². The van der Waals surface area contributed by atoms with Crippen LogP contribution in [0.2, 0.25) is 10.0 Å². The molecule has 0 aliphatic carbocycles. The minimum Gasteiger partial charge on any atom is -0.456 e. The number of piperidine rings is 1. The maximum absolute atomic E-state index is 13.5. The van der Waals surface area contributed by atoms with Gasteiger partial charge < -0.3 is 9.64 Å². The van der Waals surface area contributed by atoms with Crippen molar-refractivity contribution in [3.8, 4) is 11.5 Å². The third-order valence-corrected chi connectivity index (χ3v) is 7.44. The highest BCUT2D eigenvalue weighted by atomic mass is 35.5. The molecule has 0 N–H and O–H groups in total. The van der Waals surface area contributed by atoms with Crippen molar-refractivity contribution in [2.24, 2.45) is 0 Å². The van der Waals surface area contributed by atoms with E-state index in [9.17, 15) is 13.6 Å². The van der Waals surface area contributed by atoms with Crippen LogP contribution in [0, 0.1) is 11.6 Å². The highest BCUT2D eigenvalue weighted by molar-refractivity contribution is 6.35. The van der Waals surface area contributed by atoms with Crippen LogP contribution in [0.25, 0.3) is 0 Å². The zero-order chi connectivity index (χ0) is 24.5. The first-order chi connectivity index (χ1) is 16.9. The third kappa shape index (κ3) is 5.30. The Morgan fingerprint density at radius 2 is 1.66 bits per heavy atom. The summed E-state index contributed by atoms with van der Waals surface area (Å²) in [6.07, 6.45) is 2.05. The van der Waals surface area contributed by atoms with Crippen molar-refractivity contribution in [1.29, 1.82) is 0 Å². The molecule has 8 heteroatoms. The van der Waals surface area contributed by atoms with Crippen molar-refractivity contribution < 1.29 is 18.3 Å². The second-order valence-electron chi connectivity index (χ2n) is 9.05. The predicted molar refractivity (Wildman–Crippen MR) is 133 cm³/mol. The summed E-state index contributed by atoms with van der Waals surface area (Å²) >= 11 is 12.5. The maximum Gasteiger partial charge on any atom is 0.255 e. The summed E-state index contributed by atoms with van der Waals surface area (Å²) in [4.78, 5) is 17.7. The molecule has 2 atom stereocenters. The van der Waals surface area contributed by atoms with Crippen molar-refractivity contribution in [3.05, 3.63) is 93.5 Å². The zero-order valence-electron chi connectivity index (χ0n) is 18.9. The van der Waals surface area contributed by atoms with Crippen LogP contribution in [-0.4, -0.2) is 47.9 Å². The van der Waals surface area contributed by atoms with E-state index >= 15 is 0 Å². The fraction of sp³-hybridized carbons (Fsp3) is 0.296. The van der Waals surface area contributed by atoms with Crippen molar-refractivity contribution in [2.75, 3.05) is 26.2 Å². The second kappa shape index (κ2) is 10.1. The fourth-order valence-electron chi connectivity index (χ4n) is 5.01. The molecule has 0 aromatic heterocycles. The van der Waals surface area contributed by atoms with E-state index in [1.165, 1.54) is 5.56 Å². The standard InChI is InChI=1S/C27H24Cl2F2N2O2/c28-19-7-4-17(5-8-19)18-6-9-22-16-33(11-10-32(22)15-18)27(34)24-2-1-3-25(26(24)29)35-23-13-20(30)12-21(31)14-23/h1-5,7-8,12-14,18,22H,6,9-11,15-16H2/t18-,22+/m0/s1. The Labute approximate surface area is 213 Å². The van der Waals surface area contributed by atoms with Crippen molar-refractivity contribution in [3.63, 3.8) is 0 Å². The number of hydrogen-bond donors (Lipinski definition) is 0. The molecule has 35 heavy (non-hydrogen) atoms. The molecule has 2 fully saturated rings. The number of ether oxygens (including phenoxy) is 1. The molecule has 4 nitrogen and oxygen atoms in total. The fourth-order valence-corrected chi connectivity index (χ4v) is 5.38. The Morgan fingerprint density at radius 3 is 2.40 bits per heavy atom. The van der Waals surface area contributed by atoms with Gasteiger partial charge in [-0.2, -0.15) is 0 Å². The number of carbonyl (C=O) groups is 1. The summed E-state index contributed by atoms with van der Waals surface area (Å²) in [7, 11) is 0. The zero-order valence-corrected chi connectivity index (χ0v) is 20.4. The molecule has 0 bridgehead atoms. The topological polar surface area (TPSA) is 32.8 Å². The van der Waals surface area contributed by atoms with Gasteiger partial charge in [0, 0.05) is 55.4 Å². The first-order valence-corrected chi connectivity index (χ1v) is 12.3. The number of benzene rings is 3. The molecule has 182 valence electrons. The average Bonchev–Trinajstić information content (AvgIpc) is 2.84. The van der Waals surface area contributed by atoms with E-state index in [0.717, 1.165) is 49.2 Å². The molecular formula is C27H24Cl2F2N2O2. The van der Waals surface area contributed by atoms with E-state index < -0.39 is 11.6 Å². The highest BCUT2D eigenvalue weighted by Crippen LogP contribution is 2.35. The first kappa shape index (κ1) is 24.0. The van der Waals surface area contributed by atoms with Gasteiger partial charge in [0.1, 0.15) is 23.1 Å². The molecule has 0 spiro atoms. The molecule has 0 unspecified atom stereocenters. The molecule has 2 heterocycles. The number of halogens is 4. The molecule has 5 rings (SSSR count). The molecule has 0 saturated carbocycles.